The zero-order valence-corrected chi connectivity index (χ0v) is 10.6. The molecule has 5 heteroatoms. The minimum Gasteiger partial charge on any atom is -0.495 e. The minimum absolute atomic E-state index is 0.533. The number of aromatic amines is 1. The van der Waals surface area contributed by atoms with Gasteiger partial charge in [0.15, 0.2) is 0 Å². The van der Waals surface area contributed by atoms with Gasteiger partial charge in [0.1, 0.15) is 17.2 Å². The number of methoxy groups -OCH3 is 1. The second kappa shape index (κ2) is 4.61. The zero-order chi connectivity index (χ0) is 13.2. The Bertz CT molecular complexity index is 703. The van der Waals surface area contributed by atoms with E-state index < -0.39 is 0 Å². The SMILES string of the molecule is COc1cnc2[nH]cc(Cc3ccc(N)nc3)c2c1. The van der Waals surface area contributed by atoms with Crippen molar-refractivity contribution in [2.45, 2.75) is 6.42 Å². The molecule has 96 valence electrons. The van der Waals surface area contributed by atoms with Crippen molar-refractivity contribution >= 4 is 16.9 Å². The lowest BCUT2D eigenvalue weighted by Crippen LogP contribution is -1.92. The molecule has 0 aliphatic carbocycles. The van der Waals surface area contributed by atoms with E-state index in [1.165, 1.54) is 0 Å². The molecule has 5 nitrogen and oxygen atoms in total. The van der Waals surface area contributed by atoms with Crippen molar-refractivity contribution in [3.8, 4) is 5.75 Å². The molecule has 0 aromatic carbocycles. The van der Waals surface area contributed by atoms with Gasteiger partial charge < -0.3 is 15.5 Å². The zero-order valence-electron chi connectivity index (χ0n) is 10.6. The van der Waals surface area contributed by atoms with Crippen molar-refractivity contribution in [2.75, 3.05) is 12.8 Å². The summed E-state index contributed by atoms with van der Waals surface area (Å²) in [6.45, 7) is 0. The van der Waals surface area contributed by atoms with Crippen LogP contribution in [0.4, 0.5) is 5.82 Å². The maximum absolute atomic E-state index is 5.58. The third kappa shape index (κ3) is 2.22. The molecule has 0 saturated carbocycles. The van der Waals surface area contributed by atoms with Crippen LogP contribution in [0.15, 0.2) is 36.8 Å². The van der Waals surface area contributed by atoms with Gasteiger partial charge in [0.2, 0.25) is 0 Å². The van der Waals surface area contributed by atoms with Crippen LogP contribution in [0.3, 0.4) is 0 Å². The quantitative estimate of drug-likeness (QED) is 0.750. The van der Waals surface area contributed by atoms with Gasteiger partial charge in [-0.1, -0.05) is 6.07 Å². The number of nitrogen functional groups attached to an aromatic ring is 1. The average Bonchev–Trinajstić information content (AvgIpc) is 2.84. The number of ether oxygens (including phenoxy) is 1. The Morgan fingerprint density at radius 1 is 1.26 bits per heavy atom. The van der Waals surface area contributed by atoms with Crippen LogP contribution in [0.5, 0.6) is 5.75 Å². The number of fused-ring (bicyclic) bond motifs is 1. The molecular weight excluding hydrogens is 240 g/mol. The van der Waals surface area contributed by atoms with Crippen LogP contribution in [0.1, 0.15) is 11.1 Å². The summed E-state index contributed by atoms with van der Waals surface area (Å²) in [7, 11) is 1.64. The summed E-state index contributed by atoms with van der Waals surface area (Å²) in [6, 6.07) is 5.77. The fraction of sp³-hybridized carbons (Fsp3) is 0.143. The highest BCUT2D eigenvalue weighted by Gasteiger charge is 2.07. The number of anilines is 1. The van der Waals surface area contributed by atoms with Crippen molar-refractivity contribution in [3.63, 3.8) is 0 Å². The van der Waals surface area contributed by atoms with Crippen molar-refractivity contribution < 1.29 is 4.74 Å². The van der Waals surface area contributed by atoms with Gasteiger partial charge in [0.05, 0.1) is 13.3 Å². The Morgan fingerprint density at radius 3 is 2.89 bits per heavy atom. The monoisotopic (exact) mass is 254 g/mol. The Hall–Kier alpha value is -2.56. The van der Waals surface area contributed by atoms with Crippen molar-refractivity contribution in [1.29, 1.82) is 0 Å². The summed E-state index contributed by atoms with van der Waals surface area (Å²) in [5, 5.41) is 1.07. The molecule has 3 rings (SSSR count). The number of H-pyrrole nitrogens is 1. The molecule has 3 heterocycles. The lowest BCUT2D eigenvalue weighted by Gasteiger charge is -2.02. The first-order valence-electron chi connectivity index (χ1n) is 5.96. The fourth-order valence-electron chi connectivity index (χ4n) is 2.06. The summed E-state index contributed by atoms with van der Waals surface area (Å²) in [4.78, 5) is 11.6. The molecular formula is C14H14N4O. The van der Waals surface area contributed by atoms with E-state index in [1.54, 1.807) is 19.5 Å². The van der Waals surface area contributed by atoms with Crippen LogP contribution in [0.2, 0.25) is 0 Å². The van der Waals surface area contributed by atoms with E-state index in [1.807, 2.05) is 24.4 Å². The van der Waals surface area contributed by atoms with Gasteiger partial charge in [-0.15, -0.1) is 0 Å². The highest BCUT2D eigenvalue weighted by atomic mass is 16.5. The van der Waals surface area contributed by atoms with E-state index in [4.69, 9.17) is 10.5 Å². The number of nitrogens with two attached hydrogens (primary N) is 1. The van der Waals surface area contributed by atoms with Crippen LogP contribution < -0.4 is 10.5 Å². The summed E-state index contributed by atoms with van der Waals surface area (Å²) in [5.41, 5.74) is 8.71. The molecule has 0 atom stereocenters. The maximum atomic E-state index is 5.58. The predicted octanol–water partition coefficient (Wildman–Crippen LogP) is 2.14. The molecule has 0 fully saturated rings. The largest absolute Gasteiger partial charge is 0.495 e. The summed E-state index contributed by atoms with van der Waals surface area (Å²) >= 11 is 0. The van der Waals surface area contributed by atoms with Gasteiger partial charge in [-0.05, 0) is 23.3 Å². The van der Waals surface area contributed by atoms with Crippen LogP contribution in [-0.2, 0) is 6.42 Å². The highest BCUT2D eigenvalue weighted by Crippen LogP contribution is 2.23. The second-order valence-electron chi connectivity index (χ2n) is 4.35. The normalized spacial score (nSPS) is 10.8. The van der Waals surface area contributed by atoms with Crippen LogP contribution in [-0.4, -0.2) is 22.1 Å². The molecule has 3 aromatic heterocycles. The standard InChI is InChI=1S/C14H14N4O/c1-19-11-5-12-10(7-17-14(12)18-8-11)4-9-2-3-13(15)16-6-9/h2-3,5-8H,4H2,1H3,(H2,15,16)(H,17,18). The fourth-order valence-corrected chi connectivity index (χ4v) is 2.06. The molecule has 3 aromatic rings. The molecule has 0 unspecified atom stereocenters. The average molecular weight is 254 g/mol. The minimum atomic E-state index is 0.533. The van der Waals surface area contributed by atoms with Crippen LogP contribution in [0.25, 0.3) is 11.0 Å². The number of aromatic nitrogens is 3. The van der Waals surface area contributed by atoms with Gasteiger partial charge in [-0.2, -0.15) is 0 Å². The van der Waals surface area contributed by atoms with Gasteiger partial charge in [-0.25, -0.2) is 9.97 Å². The van der Waals surface area contributed by atoms with E-state index in [-0.39, 0.29) is 0 Å². The van der Waals surface area contributed by atoms with E-state index >= 15 is 0 Å². The summed E-state index contributed by atoms with van der Waals surface area (Å²) < 4.78 is 5.21. The van der Waals surface area contributed by atoms with Crippen LogP contribution >= 0.6 is 0 Å². The lowest BCUT2D eigenvalue weighted by molar-refractivity contribution is 0.413. The Balaban J connectivity index is 1.98. The van der Waals surface area contributed by atoms with Crippen molar-refractivity contribution in [2.24, 2.45) is 0 Å². The van der Waals surface area contributed by atoms with E-state index in [2.05, 4.69) is 15.0 Å². The number of hydrogen-bond donors (Lipinski definition) is 2. The molecule has 0 saturated heterocycles. The van der Waals surface area contributed by atoms with E-state index in [0.717, 1.165) is 34.3 Å². The highest BCUT2D eigenvalue weighted by molar-refractivity contribution is 5.81. The maximum Gasteiger partial charge on any atom is 0.137 e. The molecule has 0 bridgehead atoms. The Labute approximate surface area is 110 Å². The Kier molecular flexibility index (Phi) is 2.79. The predicted molar refractivity (Wildman–Crippen MR) is 74.1 cm³/mol. The summed E-state index contributed by atoms with van der Waals surface area (Å²) in [5.74, 6) is 1.29. The van der Waals surface area contributed by atoms with E-state index in [0.29, 0.717) is 5.82 Å². The molecule has 19 heavy (non-hydrogen) atoms. The first-order chi connectivity index (χ1) is 9.26. The van der Waals surface area contributed by atoms with Crippen molar-refractivity contribution in [3.05, 3.63) is 47.9 Å². The first-order valence-corrected chi connectivity index (χ1v) is 5.96. The summed E-state index contributed by atoms with van der Waals surface area (Å²) in [6.07, 6.45) is 6.24. The Morgan fingerprint density at radius 2 is 2.16 bits per heavy atom. The second-order valence-corrected chi connectivity index (χ2v) is 4.35. The van der Waals surface area contributed by atoms with Crippen LogP contribution in [0, 0.1) is 0 Å². The van der Waals surface area contributed by atoms with Crippen molar-refractivity contribution in [1.82, 2.24) is 15.0 Å². The van der Waals surface area contributed by atoms with Gasteiger partial charge >= 0.3 is 0 Å². The topological polar surface area (TPSA) is 76.8 Å². The van der Waals surface area contributed by atoms with Gasteiger partial charge in [0.25, 0.3) is 0 Å². The molecule has 0 aliphatic rings. The number of rotatable bonds is 3. The van der Waals surface area contributed by atoms with Gasteiger partial charge in [-0.3, -0.25) is 0 Å². The molecule has 3 N–H and O–H groups in total. The molecule has 0 aliphatic heterocycles. The number of nitrogens with one attached hydrogen (secondary N) is 1. The van der Waals surface area contributed by atoms with E-state index in [9.17, 15) is 0 Å². The lowest BCUT2D eigenvalue weighted by atomic mass is 10.1. The smallest absolute Gasteiger partial charge is 0.137 e. The molecule has 0 amide bonds. The number of pyridine rings is 2. The third-order valence-corrected chi connectivity index (χ3v) is 3.07. The number of hydrogen-bond acceptors (Lipinski definition) is 4. The molecule has 0 radical (unpaired) electrons. The van der Waals surface area contributed by atoms with Gasteiger partial charge in [0, 0.05) is 24.2 Å². The third-order valence-electron chi connectivity index (χ3n) is 3.07. The number of nitrogens with zero attached hydrogens (tertiary/aromatic N) is 2. The first kappa shape index (κ1) is 11.5. The molecule has 0 spiro atoms.